The second-order valence-electron chi connectivity index (χ2n) is 4.74. The molecule has 0 aliphatic rings. The molecule has 0 radical (unpaired) electrons. The summed E-state index contributed by atoms with van der Waals surface area (Å²) in [5.74, 6) is 2.68. The third-order valence-corrected chi connectivity index (χ3v) is 5.16. The quantitative estimate of drug-likeness (QED) is 0.609. The monoisotopic (exact) mass is 266 g/mol. The van der Waals surface area contributed by atoms with E-state index in [2.05, 4.69) is 37.7 Å². The first kappa shape index (κ1) is 12.8. The molecule has 0 atom stereocenters. The van der Waals surface area contributed by atoms with E-state index in [-0.39, 0.29) is 0 Å². The van der Waals surface area contributed by atoms with Crippen molar-refractivity contribution < 1.29 is 0 Å². The van der Waals surface area contributed by atoms with Crippen LogP contribution in [0.5, 0.6) is 0 Å². The molecule has 0 aromatic carbocycles. The normalized spacial score (nSPS) is 11.6. The van der Waals surface area contributed by atoms with Crippen molar-refractivity contribution in [3.05, 3.63) is 16.3 Å². The van der Waals surface area contributed by atoms with Crippen LogP contribution in [0.3, 0.4) is 0 Å². The second kappa shape index (κ2) is 4.94. The van der Waals surface area contributed by atoms with Gasteiger partial charge >= 0.3 is 0 Å². The van der Waals surface area contributed by atoms with Gasteiger partial charge in [-0.25, -0.2) is 9.97 Å². The maximum Gasteiger partial charge on any atom is 0.128 e. The highest BCUT2D eigenvalue weighted by Crippen LogP contribution is 2.35. The number of thioether (sulfide) groups is 1. The van der Waals surface area contributed by atoms with Gasteiger partial charge in [0, 0.05) is 16.0 Å². The first-order valence-electron chi connectivity index (χ1n) is 5.86. The van der Waals surface area contributed by atoms with Gasteiger partial charge in [0.15, 0.2) is 0 Å². The molecule has 0 saturated carbocycles. The number of fused-ring (bicyclic) bond motifs is 1. The summed E-state index contributed by atoms with van der Waals surface area (Å²) in [4.78, 5) is 11.6. The van der Waals surface area contributed by atoms with E-state index in [1.54, 1.807) is 11.3 Å². The first-order valence-corrected chi connectivity index (χ1v) is 7.66. The van der Waals surface area contributed by atoms with Gasteiger partial charge in [0.25, 0.3) is 0 Å². The third-order valence-electron chi connectivity index (χ3n) is 2.66. The molecule has 2 heterocycles. The number of hydrogen-bond acceptors (Lipinski definition) is 4. The predicted molar refractivity (Wildman–Crippen MR) is 77.2 cm³/mol. The molecule has 4 heteroatoms. The molecule has 17 heavy (non-hydrogen) atoms. The summed E-state index contributed by atoms with van der Waals surface area (Å²) >= 11 is 3.63. The van der Waals surface area contributed by atoms with Gasteiger partial charge in [-0.1, -0.05) is 13.8 Å². The maximum atomic E-state index is 4.61. The van der Waals surface area contributed by atoms with E-state index in [0.29, 0.717) is 5.92 Å². The Morgan fingerprint density at radius 3 is 2.53 bits per heavy atom. The van der Waals surface area contributed by atoms with Gasteiger partial charge in [-0.05, 0) is 32.3 Å². The van der Waals surface area contributed by atoms with Crippen molar-refractivity contribution in [2.75, 3.05) is 5.75 Å². The molecule has 0 bridgehead atoms. The van der Waals surface area contributed by atoms with Crippen LogP contribution in [0.15, 0.2) is 5.03 Å². The number of aryl methyl sites for hydroxylation is 3. The molecule has 2 aromatic rings. The molecular formula is C13H18N2S2. The standard InChI is InChI=1S/C13H18N2S2/c1-7(2)6-16-12-11-8(3)9(4)17-13(11)15-10(5)14-12/h7H,6H2,1-5H3. The number of nitrogens with zero attached hydrogens (tertiary/aromatic N) is 2. The van der Waals surface area contributed by atoms with Crippen molar-refractivity contribution in [3.63, 3.8) is 0 Å². The Morgan fingerprint density at radius 1 is 1.18 bits per heavy atom. The Kier molecular flexibility index (Phi) is 3.73. The van der Waals surface area contributed by atoms with E-state index in [1.165, 1.54) is 15.8 Å². The van der Waals surface area contributed by atoms with E-state index in [4.69, 9.17) is 0 Å². The lowest BCUT2D eigenvalue weighted by molar-refractivity contribution is 0.749. The van der Waals surface area contributed by atoms with Gasteiger partial charge in [0.05, 0.1) is 0 Å². The lowest BCUT2D eigenvalue weighted by Gasteiger charge is -2.06. The molecule has 0 spiro atoms. The van der Waals surface area contributed by atoms with Crippen LogP contribution < -0.4 is 0 Å². The summed E-state index contributed by atoms with van der Waals surface area (Å²) in [5, 5.41) is 2.42. The molecule has 0 saturated heterocycles. The Labute approximate surface area is 111 Å². The van der Waals surface area contributed by atoms with Crippen LogP contribution in [-0.2, 0) is 0 Å². The van der Waals surface area contributed by atoms with Crippen LogP contribution in [0.2, 0.25) is 0 Å². The average molecular weight is 266 g/mol. The van der Waals surface area contributed by atoms with Gasteiger partial charge in [0.2, 0.25) is 0 Å². The molecule has 2 aromatic heterocycles. The van der Waals surface area contributed by atoms with Gasteiger partial charge in [-0.3, -0.25) is 0 Å². The highest BCUT2D eigenvalue weighted by Gasteiger charge is 2.13. The van der Waals surface area contributed by atoms with E-state index in [0.717, 1.165) is 21.4 Å². The lowest BCUT2D eigenvalue weighted by atomic mass is 10.2. The third kappa shape index (κ3) is 2.63. The zero-order valence-electron chi connectivity index (χ0n) is 11.0. The van der Waals surface area contributed by atoms with Crippen LogP contribution >= 0.6 is 23.1 Å². The summed E-state index contributed by atoms with van der Waals surface area (Å²) in [5.41, 5.74) is 1.34. The van der Waals surface area contributed by atoms with Crippen molar-refractivity contribution in [1.29, 1.82) is 0 Å². The average Bonchev–Trinajstić information content (AvgIpc) is 2.51. The largest absolute Gasteiger partial charge is 0.226 e. The number of hydrogen-bond donors (Lipinski definition) is 0. The smallest absolute Gasteiger partial charge is 0.128 e. The fraction of sp³-hybridized carbons (Fsp3) is 0.538. The fourth-order valence-corrected chi connectivity index (χ4v) is 3.89. The molecule has 0 fully saturated rings. The van der Waals surface area contributed by atoms with Crippen molar-refractivity contribution in [3.8, 4) is 0 Å². The molecule has 92 valence electrons. The summed E-state index contributed by atoms with van der Waals surface area (Å²) in [6.45, 7) is 10.8. The topological polar surface area (TPSA) is 25.8 Å². The van der Waals surface area contributed by atoms with Crippen molar-refractivity contribution in [1.82, 2.24) is 9.97 Å². The van der Waals surface area contributed by atoms with Crippen LogP contribution in [-0.4, -0.2) is 15.7 Å². The maximum absolute atomic E-state index is 4.61. The molecule has 0 N–H and O–H groups in total. The van der Waals surface area contributed by atoms with Gasteiger partial charge in [0.1, 0.15) is 15.7 Å². The van der Waals surface area contributed by atoms with Crippen LogP contribution in [0, 0.1) is 26.7 Å². The minimum atomic E-state index is 0.686. The van der Waals surface area contributed by atoms with Crippen LogP contribution in [0.25, 0.3) is 10.2 Å². The van der Waals surface area contributed by atoms with Crippen LogP contribution in [0.1, 0.15) is 30.1 Å². The zero-order valence-corrected chi connectivity index (χ0v) is 12.6. The first-order chi connectivity index (χ1) is 7.99. The summed E-state index contributed by atoms with van der Waals surface area (Å²) < 4.78 is 0. The molecule has 0 unspecified atom stereocenters. The van der Waals surface area contributed by atoms with E-state index >= 15 is 0 Å². The second-order valence-corrected chi connectivity index (χ2v) is 6.96. The molecule has 0 aliphatic carbocycles. The highest BCUT2D eigenvalue weighted by atomic mass is 32.2. The number of thiophene rings is 1. The van der Waals surface area contributed by atoms with E-state index in [1.807, 2.05) is 18.7 Å². The highest BCUT2D eigenvalue weighted by molar-refractivity contribution is 7.99. The zero-order chi connectivity index (χ0) is 12.6. The van der Waals surface area contributed by atoms with Crippen molar-refractivity contribution in [2.45, 2.75) is 39.6 Å². The number of rotatable bonds is 3. The van der Waals surface area contributed by atoms with Gasteiger partial charge in [-0.2, -0.15) is 0 Å². The summed E-state index contributed by atoms with van der Waals surface area (Å²) in [7, 11) is 0. The van der Waals surface area contributed by atoms with E-state index < -0.39 is 0 Å². The summed E-state index contributed by atoms with van der Waals surface area (Å²) in [6.07, 6.45) is 0. The Balaban J connectivity index is 2.52. The van der Waals surface area contributed by atoms with Crippen LogP contribution in [0.4, 0.5) is 0 Å². The SMILES string of the molecule is Cc1nc(SCC(C)C)c2c(C)c(C)sc2n1. The minimum Gasteiger partial charge on any atom is -0.226 e. The molecule has 2 rings (SSSR count). The molecular weight excluding hydrogens is 248 g/mol. The van der Waals surface area contributed by atoms with Crippen molar-refractivity contribution in [2.24, 2.45) is 5.92 Å². The summed E-state index contributed by atoms with van der Waals surface area (Å²) in [6, 6.07) is 0. The lowest BCUT2D eigenvalue weighted by Crippen LogP contribution is -1.95. The predicted octanol–water partition coefficient (Wildman–Crippen LogP) is 4.36. The van der Waals surface area contributed by atoms with Gasteiger partial charge < -0.3 is 0 Å². The van der Waals surface area contributed by atoms with Crippen molar-refractivity contribution >= 4 is 33.3 Å². The van der Waals surface area contributed by atoms with Gasteiger partial charge in [-0.15, -0.1) is 23.1 Å². The minimum absolute atomic E-state index is 0.686. The Morgan fingerprint density at radius 2 is 1.88 bits per heavy atom. The Hall–Kier alpha value is -0.610. The molecule has 2 nitrogen and oxygen atoms in total. The molecule has 0 amide bonds. The number of aromatic nitrogens is 2. The van der Waals surface area contributed by atoms with E-state index in [9.17, 15) is 0 Å². The molecule has 0 aliphatic heterocycles. The Bertz CT molecular complexity index is 544. The fourth-order valence-electron chi connectivity index (χ4n) is 1.66.